The molecule has 1 aliphatic carbocycles. The molecular formula is C20H33ClN2O2. The summed E-state index contributed by atoms with van der Waals surface area (Å²) in [4.78, 5) is 12.4. The maximum absolute atomic E-state index is 12.4. The summed E-state index contributed by atoms with van der Waals surface area (Å²) in [5, 5.41) is 3.19. The van der Waals surface area contributed by atoms with Gasteiger partial charge in [0, 0.05) is 19.0 Å². The summed E-state index contributed by atoms with van der Waals surface area (Å²) >= 11 is 0. The summed E-state index contributed by atoms with van der Waals surface area (Å²) in [6.45, 7) is 2.65. The Labute approximate surface area is 158 Å². The van der Waals surface area contributed by atoms with Gasteiger partial charge in [0.15, 0.2) is 0 Å². The summed E-state index contributed by atoms with van der Waals surface area (Å²) in [6.07, 6.45) is 7.60. The number of para-hydroxylation sites is 1. The number of hydrogen-bond acceptors (Lipinski definition) is 3. The number of hydrogen-bond donors (Lipinski definition) is 2. The van der Waals surface area contributed by atoms with E-state index in [1.165, 1.54) is 32.1 Å². The molecule has 1 amide bonds. The number of amides is 1. The van der Waals surface area contributed by atoms with Gasteiger partial charge in [-0.2, -0.15) is 0 Å². The third-order valence-electron chi connectivity index (χ3n) is 5.11. The Morgan fingerprint density at radius 2 is 1.96 bits per heavy atom. The van der Waals surface area contributed by atoms with E-state index in [0.29, 0.717) is 18.9 Å². The van der Waals surface area contributed by atoms with Gasteiger partial charge >= 0.3 is 0 Å². The highest BCUT2D eigenvalue weighted by Gasteiger charge is 2.24. The molecule has 2 unspecified atom stereocenters. The molecule has 2 atom stereocenters. The van der Waals surface area contributed by atoms with Gasteiger partial charge in [0.2, 0.25) is 5.91 Å². The Hall–Kier alpha value is -1.26. The van der Waals surface area contributed by atoms with Crippen LogP contribution in [0.3, 0.4) is 0 Å². The van der Waals surface area contributed by atoms with Crippen LogP contribution >= 0.6 is 12.4 Å². The van der Waals surface area contributed by atoms with Crippen molar-refractivity contribution < 1.29 is 9.53 Å². The Bertz CT molecular complexity index is 518. The number of carbonyl (C=O) groups is 1. The van der Waals surface area contributed by atoms with E-state index >= 15 is 0 Å². The normalized spacial score (nSPS) is 17.2. The smallest absolute Gasteiger partial charge is 0.220 e. The van der Waals surface area contributed by atoms with Crippen LogP contribution in [-0.2, 0) is 11.2 Å². The minimum absolute atomic E-state index is 0. The van der Waals surface area contributed by atoms with Crippen molar-refractivity contribution in [2.45, 2.75) is 57.9 Å². The summed E-state index contributed by atoms with van der Waals surface area (Å²) in [5.41, 5.74) is 7.07. The molecule has 3 N–H and O–H groups in total. The van der Waals surface area contributed by atoms with E-state index < -0.39 is 0 Å². The fraction of sp³-hybridized carbons (Fsp3) is 0.650. The van der Waals surface area contributed by atoms with Crippen molar-refractivity contribution in [2.24, 2.45) is 17.6 Å². The van der Waals surface area contributed by atoms with Crippen LogP contribution in [0, 0.1) is 11.8 Å². The third-order valence-corrected chi connectivity index (χ3v) is 5.11. The van der Waals surface area contributed by atoms with Gasteiger partial charge in [-0.25, -0.2) is 0 Å². The maximum atomic E-state index is 12.4. The zero-order chi connectivity index (χ0) is 17.4. The second-order valence-electron chi connectivity index (χ2n) is 7.13. The van der Waals surface area contributed by atoms with E-state index in [4.69, 9.17) is 10.5 Å². The molecule has 0 heterocycles. The highest BCUT2D eigenvalue weighted by Crippen LogP contribution is 2.26. The maximum Gasteiger partial charge on any atom is 0.220 e. The fourth-order valence-corrected chi connectivity index (χ4v) is 3.81. The summed E-state index contributed by atoms with van der Waals surface area (Å²) < 4.78 is 5.40. The molecule has 1 saturated carbocycles. The van der Waals surface area contributed by atoms with Crippen molar-refractivity contribution >= 4 is 18.3 Å². The van der Waals surface area contributed by atoms with Crippen molar-refractivity contribution in [1.29, 1.82) is 0 Å². The third kappa shape index (κ3) is 6.87. The van der Waals surface area contributed by atoms with Crippen LogP contribution in [-0.4, -0.2) is 25.6 Å². The van der Waals surface area contributed by atoms with E-state index in [-0.39, 0.29) is 30.3 Å². The predicted octanol–water partition coefficient (Wildman–Crippen LogP) is 3.71. The Morgan fingerprint density at radius 3 is 2.60 bits per heavy atom. The largest absolute Gasteiger partial charge is 0.496 e. The lowest BCUT2D eigenvalue weighted by Crippen LogP contribution is -2.46. The van der Waals surface area contributed by atoms with Crippen molar-refractivity contribution in [2.75, 3.05) is 13.7 Å². The van der Waals surface area contributed by atoms with Crippen molar-refractivity contribution in [3.05, 3.63) is 29.8 Å². The first-order valence-electron chi connectivity index (χ1n) is 9.25. The summed E-state index contributed by atoms with van der Waals surface area (Å²) in [7, 11) is 1.69. The Kier molecular flexibility index (Phi) is 9.91. The van der Waals surface area contributed by atoms with Gasteiger partial charge in [-0.1, -0.05) is 44.4 Å². The minimum atomic E-state index is 0. The molecule has 25 heavy (non-hydrogen) atoms. The number of nitrogens with one attached hydrogen (secondary N) is 1. The van der Waals surface area contributed by atoms with E-state index in [9.17, 15) is 4.79 Å². The van der Waals surface area contributed by atoms with E-state index in [1.54, 1.807) is 7.11 Å². The van der Waals surface area contributed by atoms with Gasteiger partial charge in [0.25, 0.3) is 0 Å². The number of carbonyl (C=O) groups excluding carboxylic acids is 1. The van der Waals surface area contributed by atoms with Crippen LogP contribution < -0.4 is 15.8 Å². The Morgan fingerprint density at radius 1 is 1.28 bits per heavy atom. The molecule has 1 aromatic carbocycles. The van der Waals surface area contributed by atoms with Gasteiger partial charge in [0.1, 0.15) is 5.75 Å². The number of rotatable bonds is 8. The lowest BCUT2D eigenvalue weighted by molar-refractivity contribution is -0.123. The highest BCUT2D eigenvalue weighted by molar-refractivity contribution is 5.85. The summed E-state index contributed by atoms with van der Waals surface area (Å²) in [6, 6.07) is 8.15. The first kappa shape index (κ1) is 21.8. The van der Waals surface area contributed by atoms with Crippen LogP contribution in [0.1, 0.15) is 51.0 Å². The first-order valence-corrected chi connectivity index (χ1v) is 9.25. The van der Waals surface area contributed by atoms with Gasteiger partial charge in [-0.15, -0.1) is 12.4 Å². The lowest BCUT2D eigenvalue weighted by Gasteiger charge is -2.30. The molecule has 0 radical (unpaired) electrons. The number of nitrogens with two attached hydrogens (primary N) is 1. The van der Waals surface area contributed by atoms with Gasteiger partial charge in [-0.3, -0.25) is 4.79 Å². The molecule has 0 spiro atoms. The quantitative estimate of drug-likeness (QED) is 0.735. The van der Waals surface area contributed by atoms with E-state index in [2.05, 4.69) is 18.3 Å². The predicted molar refractivity (Wildman–Crippen MR) is 105 cm³/mol. The lowest BCUT2D eigenvalue weighted by atomic mass is 9.83. The molecular weight excluding hydrogens is 336 g/mol. The molecule has 2 rings (SSSR count). The average molecular weight is 369 g/mol. The molecule has 0 saturated heterocycles. The molecule has 1 fully saturated rings. The second kappa shape index (κ2) is 11.4. The number of halogens is 1. The highest BCUT2D eigenvalue weighted by atomic mass is 35.5. The fourth-order valence-electron chi connectivity index (χ4n) is 3.81. The first-order chi connectivity index (χ1) is 11.6. The van der Waals surface area contributed by atoms with Crippen molar-refractivity contribution in [3.63, 3.8) is 0 Å². The van der Waals surface area contributed by atoms with E-state index in [0.717, 1.165) is 17.7 Å². The van der Waals surface area contributed by atoms with Crippen LogP contribution in [0.25, 0.3) is 0 Å². The van der Waals surface area contributed by atoms with Crippen LogP contribution in [0.15, 0.2) is 24.3 Å². The molecule has 1 aliphatic rings. The zero-order valence-electron chi connectivity index (χ0n) is 15.5. The molecule has 5 heteroatoms. The van der Waals surface area contributed by atoms with Crippen LogP contribution in [0.2, 0.25) is 0 Å². The van der Waals surface area contributed by atoms with Crippen LogP contribution in [0.4, 0.5) is 0 Å². The average Bonchev–Trinajstić information content (AvgIpc) is 2.60. The molecule has 4 nitrogen and oxygen atoms in total. The molecule has 0 aromatic heterocycles. The second-order valence-corrected chi connectivity index (χ2v) is 7.13. The Balaban J connectivity index is 0.00000312. The van der Waals surface area contributed by atoms with E-state index in [1.807, 2.05) is 18.2 Å². The minimum Gasteiger partial charge on any atom is -0.496 e. The number of benzene rings is 1. The van der Waals surface area contributed by atoms with Gasteiger partial charge in [0.05, 0.1) is 7.11 Å². The topological polar surface area (TPSA) is 64.3 Å². The molecule has 1 aromatic rings. The molecule has 0 aliphatic heterocycles. The number of methoxy groups -OCH3 is 1. The standard InChI is InChI=1S/C20H32N2O2.ClH/c1-15(12-17-10-6-7-11-19(17)24-2)13-20(23)22-18(14-21)16-8-4-3-5-9-16;/h6-7,10-11,15-16,18H,3-5,8-9,12-14,21H2,1-2H3,(H,22,23);1H. The molecule has 0 bridgehead atoms. The summed E-state index contributed by atoms with van der Waals surface area (Å²) in [5.74, 6) is 1.84. The van der Waals surface area contributed by atoms with Gasteiger partial charge in [-0.05, 0) is 42.7 Å². The van der Waals surface area contributed by atoms with Crippen molar-refractivity contribution in [1.82, 2.24) is 5.32 Å². The van der Waals surface area contributed by atoms with Crippen molar-refractivity contribution in [3.8, 4) is 5.75 Å². The monoisotopic (exact) mass is 368 g/mol. The molecule has 142 valence electrons. The van der Waals surface area contributed by atoms with Gasteiger partial charge < -0.3 is 15.8 Å². The number of ether oxygens (including phenoxy) is 1. The zero-order valence-corrected chi connectivity index (χ0v) is 16.3. The SMILES string of the molecule is COc1ccccc1CC(C)CC(=O)NC(CN)C1CCCCC1.Cl. The van der Waals surface area contributed by atoms with Crippen LogP contribution in [0.5, 0.6) is 5.75 Å².